The molecule has 1 rings (SSSR count). The number of hydrogen-bond donors (Lipinski definition) is 2. The van der Waals surface area contributed by atoms with Crippen molar-refractivity contribution in [3.05, 3.63) is 23.5 Å². The van der Waals surface area contributed by atoms with Gasteiger partial charge in [0.25, 0.3) is 0 Å². The number of benzene rings is 1. The van der Waals surface area contributed by atoms with E-state index in [0.29, 0.717) is 0 Å². The molecule has 0 aliphatic rings. The number of halogens is 4. The summed E-state index contributed by atoms with van der Waals surface area (Å²) in [5, 5.41) is 0. The summed E-state index contributed by atoms with van der Waals surface area (Å²) in [7, 11) is 0. The summed E-state index contributed by atoms with van der Waals surface area (Å²) in [6.07, 6.45) is -4.97. The van der Waals surface area contributed by atoms with Crippen LogP contribution in [0.3, 0.4) is 0 Å². The van der Waals surface area contributed by atoms with Crippen molar-refractivity contribution in [2.45, 2.75) is 12.9 Å². The van der Waals surface area contributed by atoms with Crippen LogP contribution in [0.4, 0.5) is 23.2 Å². The lowest BCUT2D eigenvalue weighted by atomic mass is 10.1. The first-order chi connectivity index (χ1) is 6.85. The van der Waals surface area contributed by atoms with Gasteiger partial charge >= 0.3 is 6.36 Å². The van der Waals surface area contributed by atoms with Gasteiger partial charge in [0, 0.05) is 17.8 Å². The molecule has 15 heavy (non-hydrogen) atoms. The Kier molecular flexibility index (Phi) is 3.04. The zero-order chi connectivity index (χ0) is 11.6. The fourth-order valence-corrected chi connectivity index (χ4v) is 1.05. The predicted octanol–water partition coefficient (Wildman–Crippen LogP) is 1.77. The molecule has 0 heterocycles. The Balaban J connectivity index is 3.20. The van der Waals surface area contributed by atoms with E-state index in [0.717, 1.165) is 12.1 Å². The number of alkyl halides is 3. The van der Waals surface area contributed by atoms with Crippen LogP contribution in [0, 0.1) is 5.82 Å². The molecule has 0 saturated heterocycles. The maximum atomic E-state index is 13.0. The van der Waals surface area contributed by atoms with E-state index in [1.54, 1.807) is 0 Å². The molecule has 1 aromatic carbocycles. The average molecular weight is 224 g/mol. The van der Waals surface area contributed by atoms with Crippen LogP contribution in [0.1, 0.15) is 5.56 Å². The second-order valence-corrected chi connectivity index (χ2v) is 2.70. The van der Waals surface area contributed by atoms with Crippen molar-refractivity contribution in [3.63, 3.8) is 0 Å². The molecule has 84 valence electrons. The first-order valence-electron chi connectivity index (χ1n) is 3.88. The third-order valence-electron chi connectivity index (χ3n) is 1.67. The van der Waals surface area contributed by atoms with E-state index in [4.69, 9.17) is 11.5 Å². The quantitative estimate of drug-likeness (QED) is 0.594. The third-order valence-corrected chi connectivity index (χ3v) is 1.67. The van der Waals surface area contributed by atoms with E-state index >= 15 is 0 Å². The van der Waals surface area contributed by atoms with Crippen LogP contribution in [-0.2, 0) is 6.54 Å². The van der Waals surface area contributed by atoms with Crippen LogP contribution < -0.4 is 16.2 Å². The zero-order valence-electron chi connectivity index (χ0n) is 7.44. The molecule has 0 saturated carbocycles. The summed E-state index contributed by atoms with van der Waals surface area (Å²) in [4.78, 5) is 0. The highest BCUT2D eigenvalue weighted by molar-refractivity contribution is 5.54. The monoisotopic (exact) mass is 224 g/mol. The standard InChI is InChI=1S/C8H8F4N2O/c9-5-1-2-6(14)4(3-13)7(5)15-8(10,11)12/h1-2H,3,13-14H2. The third kappa shape index (κ3) is 2.72. The van der Waals surface area contributed by atoms with E-state index in [-0.39, 0.29) is 17.8 Å². The molecule has 7 heteroatoms. The maximum absolute atomic E-state index is 13.0. The minimum Gasteiger partial charge on any atom is -0.402 e. The Morgan fingerprint density at radius 2 is 1.87 bits per heavy atom. The molecular weight excluding hydrogens is 216 g/mol. The van der Waals surface area contributed by atoms with Gasteiger partial charge in [0.2, 0.25) is 0 Å². The summed E-state index contributed by atoms with van der Waals surface area (Å²) in [5.74, 6) is -2.12. The highest BCUT2D eigenvalue weighted by Gasteiger charge is 2.33. The largest absolute Gasteiger partial charge is 0.573 e. The number of hydrogen-bond acceptors (Lipinski definition) is 3. The Labute approximate surface area is 82.6 Å². The molecule has 0 aromatic heterocycles. The second kappa shape index (κ2) is 3.93. The van der Waals surface area contributed by atoms with Crippen molar-refractivity contribution in [3.8, 4) is 5.75 Å². The van der Waals surface area contributed by atoms with Gasteiger partial charge in [0.1, 0.15) is 0 Å². The highest BCUT2D eigenvalue weighted by Crippen LogP contribution is 2.32. The van der Waals surface area contributed by atoms with Gasteiger partial charge in [-0.1, -0.05) is 0 Å². The Bertz CT molecular complexity index is 364. The van der Waals surface area contributed by atoms with Gasteiger partial charge < -0.3 is 16.2 Å². The normalized spacial score (nSPS) is 11.5. The van der Waals surface area contributed by atoms with Crippen LogP contribution in [0.15, 0.2) is 12.1 Å². The number of ether oxygens (including phenoxy) is 1. The van der Waals surface area contributed by atoms with Gasteiger partial charge in [-0.3, -0.25) is 0 Å². The lowest BCUT2D eigenvalue weighted by Crippen LogP contribution is -2.20. The Morgan fingerprint density at radius 1 is 1.27 bits per heavy atom. The molecule has 4 N–H and O–H groups in total. The van der Waals surface area contributed by atoms with E-state index in [1.165, 1.54) is 0 Å². The minimum atomic E-state index is -4.97. The van der Waals surface area contributed by atoms with E-state index in [9.17, 15) is 17.6 Å². The summed E-state index contributed by atoms with van der Waals surface area (Å²) in [6, 6.07) is 1.91. The van der Waals surface area contributed by atoms with E-state index in [2.05, 4.69) is 4.74 Å². The molecule has 0 fully saturated rings. The molecule has 0 spiro atoms. The fourth-order valence-electron chi connectivity index (χ4n) is 1.05. The van der Waals surface area contributed by atoms with E-state index in [1.807, 2.05) is 0 Å². The van der Waals surface area contributed by atoms with Crippen molar-refractivity contribution in [1.29, 1.82) is 0 Å². The van der Waals surface area contributed by atoms with Gasteiger partial charge in [-0.15, -0.1) is 13.2 Å². The fraction of sp³-hybridized carbons (Fsp3) is 0.250. The molecular formula is C8H8F4N2O. The van der Waals surface area contributed by atoms with Crippen LogP contribution in [0.25, 0.3) is 0 Å². The molecule has 0 aliphatic carbocycles. The lowest BCUT2D eigenvalue weighted by Gasteiger charge is -2.14. The maximum Gasteiger partial charge on any atom is 0.573 e. The Hall–Kier alpha value is -1.50. The number of nitrogens with two attached hydrogens (primary N) is 2. The van der Waals surface area contributed by atoms with E-state index < -0.39 is 17.9 Å². The minimum absolute atomic E-state index is 0.0434. The molecule has 1 aromatic rings. The SMILES string of the molecule is NCc1c(N)ccc(F)c1OC(F)(F)F. The molecule has 0 aliphatic heterocycles. The Morgan fingerprint density at radius 3 is 2.33 bits per heavy atom. The molecule has 0 atom stereocenters. The van der Waals surface area contributed by atoms with Gasteiger partial charge in [0.05, 0.1) is 0 Å². The van der Waals surface area contributed by atoms with Crippen LogP contribution in [0.2, 0.25) is 0 Å². The van der Waals surface area contributed by atoms with Crippen molar-refractivity contribution >= 4 is 5.69 Å². The van der Waals surface area contributed by atoms with Crippen LogP contribution in [-0.4, -0.2) is 6.36 Å². The van der Waals surface area contributed by atoms with Gasteiger partial charge in [0.15, 0.2) is 11.6 Å². The van der Waals surface area contributed by atoms with Crippen LogP contribution >= 0.6 is 0 Å². The summed E-state index contributed by atoms with van der Waals surface area (Å²) in [6.45, 7) is -0.338. The zero-order valence-corrected chi connectivity index (χ0v) is 7.44. The first kappa shape index (κ1) is 11.6. The van der Waals surface area contributed by atoms with Crippen molar-refractivity contribution in [1.82, 2.24) is 0 Å². The predicted molar refractivity (Wildman–Crippen MR) is 45.4 cm³/mol. The van der Waals surface area contributed by atoms with Crippen molar-refractivity contribution < 1.29 is 22.3 Å². The smallest absolute Gasteiger partial charge is 0.402 e. The number of rotatable bonds is 2. The van der Waals surface area contributed by atoms with Gasteiger partial charge in [-0.25, -0.2) is 4.39 Å². The molecule has 0 radical (unpaired) electrons. The van der Waals surface area contributed by atoms with Crippen LogP contribution in [0.5, 0.6) is 5.75 Å². The van der Waals surface area contributed by atoms with Crippen molar-refractivity contribution in [2.24, 2.45) is 5.73 Å². The molecule has 0 amide bonds. The lowest BCUT2D eigenvalue weighted by molar-refractivity contribution is -0.275. The topological polar surface area (TPSA) is 61.3 Å². The van der Waals surface area contributed by atoms with Crippen molar-refractivity contribution in [2.75, 3.05) is 5.73 Å². The summed E-state index contributed by atoms with van der Waals surface area (Å²) >= 11 is 0. The number of nitrogen functional groups attached to an aromatic ring is 1. The molecule has 3 nitrogen and oxygen atoms in total. The summed E-state index contributed by atoms with van der Waals surface area (Å²) < 4.78 is 52.2. The second-order valence-electron chi connectivity index (χ2n) is 2.70. The number of anilines is 1. The molecule has 0 unspecified atom stereocenters. The van der Waals surface area contributed by atoms with Gasteiger partial charge in [-0.2, -0.15) is 0 Å². The molecule has 0 bridgehead atoms. The highest BCUT2D eigenvalue weighted by atomic mass is 19.4. The average Bonchev–Trinajstić information content (AvgIpc) is 2.10. The first-order valence-corrected chi connectivity index (χ1v) is 3.88. The van der Waals surface area contributed by atoms with Gasteiger partial charge in [-0.05, 0) is 12.1 Å². The summed E-state index contributed by atoms with van der Waals surface area (Å²) in [5.41, 5.74) is 10.2.